The van der Waals surface area contributed by atoms with Crippen LogP contribution in [0, 0.1) is 0 Å². The van der Waals surface area contributed by atoms with Crippen LogP contribution >= 0.6 is 24.0 Å². The largest absolute Gasteiger partial charge is 0.369 e. The highest BCUT2D eigenvalue weighted by molar-refractivity contribution is 14.0. The maximum atomic E-state index is 4.75. The standard InChI is InChI=1S/C21H28N4.HI/c1-2-22-21(23-15-13-18-9-5-3-6-10-18)24-19-14-16-25(17-19)20-11-7-4-8-12-20;/h3-12,19H,2,13-17H2,1H3,(H2,22,23,24);1H. The number of aliphatic imine (C=N–C) groups is 1. The Kier molecular flexibility index (Phi) is 8.74. The summed E-state index contributed by atoms with van der Waals surface area (Å²) in [5.41, 5.74) is 2.64. The molecule has 5 heteroatoms. The van der Waals surface area contributed by atoms with E-state index in [4.69, 9.17) is 4.99 Å². The Hall–Kier alpha value is -1.76. The number of guanidine groups is 1. The van der Waals surface area contributed by atoms with E-state index in [0.29, 0.717) is 6.04 Å². The molecular formula is C21H29IN4. The molecule has 1 atom stereocenters. The van der Waals surface area contributed by atoms with Crippen molar-refractivity contribution in [1.82, 2.24) is 10.6 Å². The lowest BCUT2D eigenvalue weighted by molar-refractivity contribution is 0.649. The molecule has 1 aliphatic heterocycles. The van der Waals surface area contributed by atoms with Crippen molar-refractivity contribution >= 4 is 35.6 Å². The Labute approximate surface area is 174 Å². The first kappa shape index (κ1) is 20.6. The molecule has 26 heavy (non-hydrogen) atoms. The Morgan fingerprint density at radius 1 is 1.08 bits per heavy atom. The monoisotopic (exact) mass is 464 g/mol. The summed E-state index contributed by atoms with van der Waals surface area (Å²) in [6.45, 7) is 5.90. The van der Waals surface area contributed by atoms with E-state index in [2.05, 4.69) is 83.1 Å². The van der Waals surface area contributed by atoms with Crippen molar-refractivity contribution in [3.8, 4) is 0 Å². The van der Waals surface area contributed by atoms with Crippen molar-refractivity contribution < 1.29 is 0 Å². The zero-order valence-electron chi connectivity index (χ0n) is 15.4. The van der Waals surface area contributed by atoms with E-state index < -0.39 is 0 Å². The lowest BCUT2D eigenvalue weighted by Gasteiger charge is -2.20. The van der Waals surface area contributed by atoms with Gasteiger partial charge in [0.2, 0.25) is 0 Å². The average molecular weight is 464 g/mol. The van der Waals surface area contributed by atoms with Crippen molar-refractivity contribution in [3.63, 3.8) is 0 Å². The SMILES string of the molecule is CCNC(=NCCc1ccccc1)NC1CCN(c2ccccc2)C1.I. The normalized spacial score (nSPS) is 16.9. The molecular weight excluding hydrogens is 435 g/mol. The number of hydrogen-bond donors (Lipinski definition) is 2. The smallest absolute Gasteiger partial charge is 0.191 e. The molecule has 1 unspecified atom stereocenters. The maximum Gasteiger partial charge on any atom is 0.191 e. The topological polar surface area (TPSA) is 39.7 Å². The summed E-state index contributed by atoms with van der Waals surface area (Å²) in [7, 11) is 0. The van der Waals surface area contributed by atoms with Crippen molar-refractivity contribution in [1.29, 1.82) is 0 Å². The summed E-state index contributed by atoms with van der Waals surface area (Å²) in [4.78, 5) is 7.18. The van der Waals surface area contributed by atoms with Gasteiger partial charge in [-0.15, -0.1) is 24.0 Å². The second kappa shape index (κ2) is 11.1. The summed E-state index contributed by atoms with van der Waals surface area (Å²) in [6, 6.07) is 21.6. The van der Waals surface area contributed by atoms with Crippen LogP contribution in [0.25, 0.3) is 0 Å². The number of anilines is 1. The number of nitrogens with zero attached hydrogens (tertiary/aromatic N) is 2. The van der Waals surface area contributed by atoms with E-state index in [0.717, 1.165) is 45.0 Å². The quantitative estimate of drug-likeness (QED) is 0.389. The van der Waals surface area contributed by atoms with Gasteiger partial charge >= 0.3 is 0 Å². The first-order valence-electron chi connectivity index (χ1n) is 9.24. The third-order valence-electron chi connectivity index (χ3n) is 4.51. The fraction of sp³-hybridized carbons (Fsp3) is 0.381. The van der Waals surface area contributed by atoms with Crippen LogP contribution in [0.3, 0.4) is 0 Å². The molecule has 1 saturated heterocycles. The molecule has 2 aromatic rings. The van der Waals surface area contributed by atoms with Crippen LogP contribution in [-0.2, 0) is 6.42 Å². The summed E-state index contributed by atoms with van der Waals surface area (Å²) >= 11 is 0. The predicted octanol–water partition coefficient (Wildman–Crippen LogP) is 3.68. The molecule has 0 aromatic heterocycles. The van der Waals surface area contributed by atoms with Crippen molar-refractivity contribution in [2.75, 3.05) is 31.1 Å². The molecule has 0 spiro atoms. The Morgan fingerprint density at radius 3 is 2.46 bits per heavy atom. The van der Waals surface area contributed by atoms with Gasteiger partial charge in [-0.25, -0.2) is 0 Å². The fourth-order valence-electron chi connectivity index (χ4n) is 3.21. The molecule has 140 valence electrons. The number of nitrogens with one attached hydrogen (secondary N) is 2. The first-order chi connectivity index (χ1) is 12.3. The highest BCUT2D eigenvalue weighted by Gasteiger charge is 2.23. The van der Waals surface area contributed by atoms with Crippen LogP contribution in [0.1, 0.15) is 18.9 Å². The third kappa shape index (κ3) is 6.20. The van der Waals surface area contributed by atoms with Gasteiger partial charge < -0.3 is 15.5 Å². The van der Waals surface area contributed by atoms with Gasteiger partial charge in [0.1, 0.15) is 0 Å². The van der Waals surface area contributed by atoms with Gasteiger partial charge in [0.25, 0.3) is 0 Å². The second-order valence-electron chi connectivity index (χ2n) is 6.41. The van der Waals surface area contributed by atoms with Gasteiger partial charge in [-0.2, -0.15) is 0 Å². The predicted molar refractivity (Wildman–Crippen MR) is 122 cm³/mol. The van der Waals surface area contributed by atoms with Gasteiger partial charge in [-0.3, -0.25) is 4.99 Å². The van der Waals surface area contributed by atoms with Crippen LogP contribution in [0.4, 0.5) is 5.69 Å². The van der Waals surface area contributed by atoms with E-state index in [1.54, 1.807) is 0 Å². The van der Waals surface area contributed by atoms with Gasteiger partial charge in [0.05, 0.1) is 0 Å². The minimum absolute atomic E-state index is 0. The van der Waals surface area contributed by atoms with E-state index >= 15 is 0 Å². The van der Waals surface area contributed by atoms with E-state index in [9.17, 15) is 0 Å². The molecule has 2 N–H and O–H groups in total. The van der Waals surface area contributed by atoms with Gasteiger partial charge in [0, 0.05) is 37.9 Å². The number of rotatable bonds is 6. The van der Waals surface area contributed by atoms with Crippen LogP contribution in [0.2, 0.25) is 0 Å². The van der Waals surface area contributed by atoms with Gasteiger partial charge in [0.15, 0.2) is 5.96 Å². The number of benzene rings is 2. The van der Waals surface area contributed by atoms with Gasteiger partial charge in [-0.05, 0) is 37.5 Å². The number of para-hydroxylation sites is 1. The second-order valence-corrected chi connectivity index (χ2v) is 6.41. The van der Waals surface area contributed by atoms with Crippen LogP contribution in [0.15, 0.2) is 65.7 Å². The molecule has 0 aliphatic carbocycles. The van der Waals surface area contributed by atoms with Crippen LogP contribution in [-0.4, -0.2) is 38.2 Å². The number of hydrogen-bond acceptors (Lipinski definition) is 2. The zero-order valence-corrected chi connectivity index (χ0v) is 17.7. The molecule has 1 aliphatic rings. The van der Waals surface area contributed by atoms with E-state index in [1.807, 2.05) is 0 Å². The molecule has 0 bridgehead atoms. The summed E-state index contributed by atoms with van der Waals surface area (Å²) in [6.07, 6.45) is 2.11. The molecule has 1 fully saturated rings. The van der Waals surface area contributed by atoms with Crippen LogP contribution < -0.4 is 15.5 Å². The Morgan fingerprint density at radius 2 is 1.77 bits per heavy atom. The summed E-state index contributed by atoms with van der Waals surface area (Å²) in [5.74, 6) is 0.929. The van der Waals surface area contributed by atoms with Crippen LogP contribution in [0.5, 0.6) is 0 Å². The molecule has 0 saturated carbocycles. The van der Waals surface area contributed by atoms with Crippen molar-refractivity contribution in [2.24, 2.45) is 4.99 Å². The number of halogens is 1. The molecule has 0 radical (unpaired) electrons. The maximum absolute atomic E-state index is 4.75. The molecule has 4 nitrogen and oxygen atoms in total. The van der Waals surface area contributed by atoms with E-state index in [-0.39, 0.29) is 24.0 Å². The molecule has 2 aromatic carbocycles. The third-order valence-corrected chi connectivity index (χ3v) is 4.51. The van der Waals surface area contributed by atoms with Crippen molar-refractivity contribution in [2.45, 2.75) is 25.8 Å². The minimum Gasteiger partial charge on any atom is -0.369 e. The average Bonchev–Trinajstić information content (AvgIpc) is 3.12. The van der Waals surface area contributed by atoms with Crippen molar-refractivity contribution in [3.05, 3.63) is 66.2 Å². The Balaban J connectivity index is 0.00000243. The lowest BCUT2D eigenvalue weighted by Crippen LogP contribution is -2.44. The van der Waals surface area contributed by atoms with Gasteiger partial charge in [-0.1, -0.05) is 48.5 Å². The van der Waals surface area contributed by atoms with E-state index in [1.165, 1.54) is 11.3 Å². The molecule has 3 rings (SSSR count). The summed E-state index contributed by atoms with van der Waals surface area (Å²) in [5, 5.41) is 6.97. The molecule has 1 heterocycles. The first-order valence-corrected chi connectivity index (χ1v) is 9.24. The highest BCUT2D eigenvalue weighted by Crippen LogP contribution is 2.19. The summed E-state index contributed by atoms with van der Waals surface area (Å²) < 4.78 is 0. The Bertz CT molecular complexity index is 660. The lowest BCUT2D eigenvalue weighted by atomic mass is 10.2. The highest BCUT2D eigenvalue weighted by atomic mass is 127. The molecule has 0 amide bonds. The zero-order chi connectivity index (χ0) is 17.3. The fourth-order valence-corrected chi connectivity index (χ4v) is 3.21. The minimum atomic E-state index is 0.